The van der Waals surface area contributed by atoms with Gasteiger partial charge in [0.1, 0.15) is 0 Å². The molecule has 1 N–H and O–H groups in total. The third kappa shape index (κ3) is 4.25. The number of amides is 3. The van der Waals surface area contributed by atoms with Crippen LogP contribution in [-0.2, 0) is 4.79 Å². The summed E-state index contributed by atoms with van der Waals surface area (Å²) in [6.07, 6.45) is 0.146. The molecular weight excluding hydrogens is 313 g/mol. The van der Waals surface area contributed by atoms with E-state index in [1.165, 1.54) is 0 Å². The number of piperazine rings is 1. The standard InChI is InChI=1S/C14H17Cl2N3O2/c15-6-5-13(20)17-14(21)19-9-7-18(8-10-19)12-4-2-1-3-11(12)16/h1-4H,5-10H2,(H,17,20,21). The predicted molar refractivity (Wildman–Crippen MR) is 84.1 cm³/mol. The number of anilines is 1. The van der Waals surface area contributed by atoms with Crippen LogP contribution in [0.4, 0.5) is 10.5 Å². The molecule has 1 saturated heterocycles. The maximum Gasteiger partial charge on any atom is 0.324 e. The van der Waals surface area contributed by atoms with Crippen LogP contribution in [0.3, 0.4) is 0 Å². The summed E-state index contributed by atoms with van der Waals surface area (Å²) in [6, 6.07) is 7.27. The number of urea groups is 1. The molecule has 0 bridgehead atoms. The first kappa shape index (κ1) is 15.9. The first-order valence-electron chi connectivity index (χ1n) is 6.76. The molecule has 21 heavy (non-hydrogen) atoms. The first-order chi connectivity index (χ1) is 10.1. The lowest BCUT2D eigenvalue weighted by molar-refractivity contribution is -0.119. The molecule has 5 nitrogen and oxygen atoms in total. The van der Waals surface area contributed by atoms with Crippen molar-refractivity contribution in [2.45, 2.75) is 6.42 Å². The van der Waals surface area contributed by atoms with Crippen molar-refractivity contribution in [2.75, 3.05) is 37.0 Å². The fourth-order valence-electron chi connectivity index (χ4n) is 2.21. The summed E-state index contributed by atoms with van der Waals surface area (Å²) in [5, 5.41) is 3.04. The number of nitrogens with one attached hydrogen (secondary N) is 1. The third-order valence-corrected chi connectivity index (χ3v) is 3.84. The molecule has 0 saturated carbocycles. The average Bonchev–Trinajstić information content (AvgIpc) is 2.48. The Balaban J connectivity index is 1.87. The van der Waals surface area contributed by atoms with Gasteiger partial charge in [0.05, 0.1) is 10.7 Å². The Kier molecular flexibility index (Phi) is 5.70. The number of halogens is 2. The SMILES string of the molecule is O=C(CCCl)NC(=O)N1CCN(c2ccccc2Cl)CC1. The van der Waals surface area contributed by atoms with Crippen LogP contribution in [0.15, 0.2) is 24.3 Å². The lowest BCUT2D eigenvalue weighted by Gasteiger charge is -2.36. The zero-order valence-electron chi connectivity index (χ0n) is 11.5. The Morgan fingerprint density at radius 1 is 1.14 bits per heavy atom. The van der Waals surface area contributed by atoms with Crippen molar-refractivity contribution in [3.05, 3.63) is 29.3 Å². The largest absolute Gasteiger partial charge is 0.367 e. The van der Waals surface area contributed by atoms with Crippen molar-refractivity contribution in [3.8, 4) is 0 Å². The molecule has 0 aromatic heterocycles. The van der Waals surface area contributed by atoms with Crippen molar-refractivity contribution < 1.29 is 9.59 Å². The van der Waals surface area contributed by atoms with Gasteiger partial charge < -0.3 is 9.80 Å². The molecule has 0 unspecified atom stereocenters. The van der Waals surface area contributed by atoms with Crippen molar-refractivity contribution in [2.24, 2.45) is 0 Å². The summed E-state index contributed by atoms with van der Waals surface area (Å²) in [7, 11) is 0. The topological polar surface area (TPSA) is 52.7 Å². The van der Waals surface area contributed by atoms with Crippen molar-refractivity contribution in [3.63, 3.8) is 0 Å². The second-order valence-electron chi connectivity index (χ2n) is 4.72. The van der Waals surface area contributed by atoms with Gasteiger partial charge in [-0.1, -0.05) is 23.7 Å². The molecule has 7 heteroatoms. The molecule has 1 aliphatic heterocycles. The molecule has 0 atom stereocenters. The minimum Gasteiger partial charge on any atom is -0.367 e. The van der Waals surface area contributed by atoms with Gasteiger partial charge in [0, 0.05) is 38.5 Å². The molecule has 3 amide bonds. The number of hydrogen-bond donors (Lipinski definition) is 1. The molecule has 2 rings (SSSR count). The number of imide groups is 1. The van der Waals surface area contributed by atoms with E-state index in [0.717, 1.165) is 5.69 Å². The predicted octanol–water partition coefficient (Wildman–Crippen LogP) is 2.33. The van der Waals surface area contributed by atoms with Crippen molar-refractivity contribution >= 4 is 40.8 Å². The van der Waals surface area contributed by atoms with Crippen LogP contribution >= 0.6 is 23.2 Å². The molecule has 0 spiro atoms. The van der Waals surface area contributed by atoms with Crippen LogP contribution in [0.5, 0.6) is 0 Å². The summed E-state index contributed by atoms with van der Waals surface area (Å²) < 4.78 is 0. The number of hydrogen-bond acceptors (Lipinski definition) is 3. The molecule has 1 heterocycles. The van der Waals surface area contributed by atoms with Gasteiger partial charge in [-0.05, 0) is 12.1 Å². The molecule has 1 fully saturated rings. The molecule has 1 aromatic carbocycles. The van der Waals surface area contributed by atoms with E-state index in [1.54, 1.807) is 4.90 Å². The Morgan fingerprint density at radius 2 is 1.81 bits per heavy atom. The minimum atomic E-state index is -0.357. The van der Waals surface area contributed by atoms with Gasteiger partial charge in [0.15, 0.2) is 0 Å². The minimum absolute atomic E-state index is 0.146. The Bertz CT molecular complexity index is 517. The van der Waals surface area contributed by atoms with Gasteiger partial charge in [-0.15, -0.1) is 11.6 Å². The molecule has 1 aromatic rings. The lowest BCUT2D eigenvalue weighted by atomic mass is 10.2. The van der Waals surface area contributed by atoms with Crippen LogP contribution in [0.2, 0.25) is 5.02 Å². The fraction of sp³-hybridized carbons (Fsp3) is 0.429. The molecule has 114 valence electrons. The van der Waals surface area contributed by atoms with Crippen LogP contribution in [0.25, 0.3) is 0 Å². The van der Waals surface area contributed by atoms with Gasteiger partial charge in [-0.25, -0.2) is 4.79 Å². The summed E-state index contributed by atoms with van der Waals surface area (Å²) in [4.78, 5) is 27.0. The summed E-state index contributed by atoms with van der Waals surface area (Å²) in [5.74, 6) is -0.136. The van der Waals surface area contributed by atoms with Gasteiger partial charge in [0.2, 0.25) is 5.91 Å². The fourth-order valence-corrected chi connectivity index (χ4v) is 2.63. The van der Waals surface area contributed by atoms with Crippen LogP contribution < -0.4 is 10.2 Å². The molecule has 0 radical (unpaired) electrons. The van der Waals surface area contributed by atoms with E-state index in [0.29, 0.717) is 31.2 Å². The van der Waals surface area contributed by atoms with Gasteiger partial charge in [0.25, 0.3) is 0 Å². The highest BCUT2D eigenvalue weighted by Crippen LogP contribution is 2.25. The molecular formula is C14H17Cl2N3O2. The second-order valence-corrected chi connectivity index (χ2v) is 5.50. The Hall–Kier alpha value is -1.46. The number of carbonyl (C=O) groups excluding carboxylic acids is 2. The summed E-state index contributed by atoms with van der Waals surface area (Å²) >= 11 is 11.6. The first-order valence-corrected chi connectivity index (χ1v) is 7.67. The van der Waals surface area contributed by atoms with E-state index in [9.17, 15) is 9.59 Å². The number of carbonyl (C=O) groups is 2. The molecule has 1 aliphatic rings. The van der Waals surface area contributed by atoms with Crippen molar-refractivity contribution in [1.82, 2.24) is 10.2 Å². The third-order valence-electron chi connectivity index (χ3n) is 3.33. The van der Waals surface area contributed by atoms with E-state index in [4.69, 9.17) is 23.2 Å². The normalized spacial score (nSPS) is 15.0. The van der Waals surface area contributed by atoms with Gasteiger partial charge in [-0.2, -0.15) is 0 Å². The maximum atomic E-state index is 11.9. The Morgan fingerprint density at radius 3 is 2.43 bits per heavy atom. The monoisotopic (exact) mass is 329 g/mol. The average molecular weight is 330 g/mol. The van der Waals surface area contributed by atoms with E-state index >= 15 is 0 Å². The van der Waals surface area contributed by atoms with Crippen LogP contribution in [0, 0.1) is 0 Å². The smallest absolute Gasteiger partial charge is 0.324 e. The maximum absolute atomic E-state index is 11.9. The van der Waals surface area contributed by atoms with E-state index in [-0.39, 0.29) is 24.2 Å². The number of rotatable bonds is 3. The van der Waals surface area contributed by atoms with E-state index < -0.39 is 0 Å². The van der Waals surface area contributed by atoms with Gasteiger partial charge >= 0.3 is 6.03 Å². The summed E-state index contributed by atoms with van der Waals surface area (Å²) in [5.41, 5.74) is 0.970. The highest BCUT2D eigenvalue weighted by atomic mass is 35.5. The second kappa shape index (κ2) is 7.52. The summed E-state index contributed by atoms with van der Waals surface area (Å²) in [6.45, 7) is 2.46. The highest BCUT2D eigenvalue weighted by molar-refractivity contribution is 6.33. The Labute approximate surface area is 133 Å². The zero-order valence-corrected chi connectivity index (χ0v) is 13.0. The zero-order chi connectivity index (χ0) is 15.2. The van der Waals surface area contributed by atoms with E-state index in [1.807, 2.05) is 24.3 Å². The molecule has 0 aliphatic carbocycles. The van der Waals surface area contributed by atoms with Crippen LogP contribution in [-0.4, -0.2) is 48.9 Å². The number of para-hydroxylation sites is 1. The quantitative estimate of drug-likeness (QED) is 0.866. The van der Waals surface area contributed by atoms with Crippen molar-refractivity contribution in [1.29, 1.82) is 0 Å². The van der Waals surface area contributed by atoms with Crippen LogP contribution in [0.1, 0.15) is 6.42 Å². The lowest BCUT2D eigenvalue weighted by Crippen LogP contribution is -2.52. The number of nitrogens with zero attached hydrogens (tertiary/aromatic N) is 2. The number of alkyl halides is 1. The van der Waals surface area contributed by atoms with E-state index in [2.05, 4.69) is 10.2 Å². The highest BCUT2D eigenvalue weighted by Gasteiger charge is 2.23. The number of benzene rings is 1. The van der Waals surface area contributed by atoms with Gasteiger partial charge in [-0.3, -0.25) is 10.1 Å².